The maximum Gasteiger partial charge on any atom is 0.118 e. The molecule has 3 nitrogen and oxygen atoms in total. The molecule has 3 heteroatoms. The molecule has 0 bridgehead atoms. The zero-order valence-electron chi connectivity index (χ0n) is 11.9. The van der Waals surface area contributed by atoms with Gasteiger partial charge in [-0.25, -0.2) is 0 Å². The monoisotopic (exact) mass is 250 g/mol. The Kier molecular flexibility index (Phi) is 4.84. The number of hydrogen-bond acceptors (Lipinski definition) is 3. The topological polar surface area (TPSA) is 28.4 Å². The van der Waals surface area contributed by atoms with Crippen molar-refractivity contribution in [3.8, 4) is 0 Å². The molecule has 0 amide bonds. The molecule has 2 heterocycles. The largest absolute Gasteiger partial charge is 0.468 e. The zero-order valence-corrected chi connectivity index (χ0v) is 11.9. The van der Waals surface area contributed by atoms with E-state index in [0.29, 0.717) is 6.04 Å². The van der Waals surface area contributed by atoms with Crippen molar-refractivity contribution in [2.24, 2.45) is 5.92 Å². The highest BCUT2D eigenvalue weighted by molar-refractivity contribution is 5.12. The molecule has 1 unspecified atom stereocenters. The van der Waals surface area contributed by atoms with Crippen LogP contribution in [0.15, 0.2) is 16.7 Å². The van der Waals surface area contributed by atoms with Gasteiger partial charge >= 0.3 is 0 Å². The molecule has 1 aliphatic heterocycles. The number of furan rings is 1. The molecule has 2 rings (SSSR count). The lowest BCUT2D eigenvalue weighted by molar-refractivity contribution is 0.285. The average molecular weight is 250 g/mol. The fourth-order valence-electron chi connectivity index (χ4n) is 2.53. The van der Waals surface area contributed by atoms with Crippen molar-refractivity contribution in [1.29, 1.82) is 0 Å². The number of rotatable bonds is 6. The van der Waals surface area contributed by atoms with Gasteiger partial charge < -0.3 is 9.73 Å². The molecule has 18 heavy (non-hydrogen) atoms. The minimum Gasteiger partial charge on any atom is -0.468 e. The first-order valence-corrected chi connectivity index (χ1v) is 7.19. The van der Waals surface area contributed by atoms with Gasteiger partial charge in [-0.2, -0.15) is 0 Å². The van der Waals surface area contributed by atoms with Crippen molar-refractivity contribution in [2.75, 3.05) is 13.1 Å². The van der Waals surface area contributed by atoms with E-state index in [9.17, 15) is 0 Å². The molecule has 0 spiro atoms. The van der Waals surface area contributed by atoms with Gasteiger partial charge in [0, 0.05) is 24.7 Å². The smallest absolute Gasteiger partial charge is 0.118 e. The predicted molar refractivity (Wildman–Crippen MR) is 74.4 cm³/mol. The van der Waals surface area contributed by atoms with Gasteiger partial charge in [-0.3, -0.25) is 4.90 Å². The van der Waals surface area contributed by atoms with Crippen molar-refractivity contribution < 1.29 is 4.42 Å². The van der Waals surface area contributed by atoms with Crippen molar-refractivity contribution in [3.05, 3.63) is 23.7 Å². The van der Waals surface area contributed by atoms with Crippen molar-refractivity contribution in [3.63, 3.8) is 0 Å². The Balaban J connectivity index is 1.80. The number of hydrogen-bond donors (Lipinski definition) is 1. The molecule has 1 aromatic heterocycles. The van der Waals surface area contributed by atoms with E-state index >= 15 is 0 Å². The highest BCUT2D eigenvalue weighted by Gasteiger charge is 2.21. The van der Waals surface area contributed by atoms with Crippen LogP contribution in [0.3, 0.4) is 0 Å². The van der Waals surface area contributed by atoms with Gasteiger partial charge in [0.2, 0.25) is 0 Å². The van der Waals surface area contributed by atoms with Crippen molar-refractivity contribution in [1.82, 2.24) is 10.2 Å². The van der Waals surface area contributed by atoms with Gasteiger partial charge in [-0.15, -0.1) is 0 Å². The summed E-state index contributed by atoms with van der Waals surface area (Å²) in [6.45, 7) is 10.9. The van der Waals surface area contributed by atoms with Crippen LogP contribution in [0.25, 0.3) is 0 Å². The quantitative estimate of drug-likeness (QED) is 0.841. The summed E-state index contributed by atoms with van der Waals surface area (Å²) >= 11 is 0. The van der Waals surface area contributed by atoms with Gasteiger partial charge in [0.05, 0.1) is 12.8 Å². The average Bonchev–Trinajstić information content (AvgIpc) is 2.96. The first-order valence-electron chi connectivity index (χ1n) is 7.19. The first kappa shape index (κ1) is 13.6. The normalized spacial score (nSPS) is 21.0. The van der Waals surface area contributed by atoms with Crippen LogP contribution in [0.4, 0.5) is 0 Å². The van der Waals surface area contributed by atoms with Crippen LogP contribution in [0.1, 0.15) is 44.9 Å². The zero-order chi connectivity index (χ0) is 13.0. The molecule has 1 aromatic rings. The molecule has 102 valence electrons. The Morgan fingerprint density at radius 1 is 1.50 bits per heavy atom. The molecular formula is C15H26N2O. The summed E-state index contributed by atoms with van der Waals surface area (Å²) in [4.78, 5) is 2.51. The summed E-state index contributed by atoms with van der Waals surface area (Å²) in [5.41, 5.74) is 1.25. The summed E-state index contributed by atoms with van der Waals surface area (Å²) in [5, 5.41) is 3.41. The van der Waals surface area contributed by atoms with Gasteiger partial charge in [0.15, 0.2) is 0 Å². The van der Waals surface area contributed by atoms with Crippen molar-refractivity contribution in [2.45, 2.75) is 52.7 Å². The van der Waals surface area contributed by atoms with E-state index in [-0.39, 0.29) is 0 Å². The van der Waals surface area contributed by atoms with Gasteiger partial charge in [-0.05, 0) is 24.9 Å². The molecule has 0 aromatic carbocycles. The molecule has 0 radical (unpaired) electrons. The van der Waals surface area contributed by atoms with E-state index in [0.717, 1.165) is 24.8 Å². The molecule has 1 fully saturated rings. The van der Waals surface area contributed by atoms with E-state index in [1.165, 1.54) is 31.5 Å². The van der Waals surface area contributed by atoms with Crippen LogP contribution in [-0.4, -0.2) is 24.0 Å². The molecule has 1 atom stereocenters. The minimum absolute atomic E-state index is 0.521. The molecule has 1 aliphatic rings. The Morgan fingerprint density at radius 3 is 3.00 bits per heavy atom. The molecule has 0 saturated carbocycles. The Bertz CT molecular complexity index is 359. The Morgan fingerprint density at radius 2 is 2.33 bits per heavy atom. The number of nitrogens with zero attached hydrogens (tertiary/aromatic N) is 1. The summed E-state index contributed by atoms with van der Waals surface area (Å²) in [6, 6.07) is 2.71. The fourth-order valence-corrected chi connectivity index (χ4v) is 2.53. The molecule has 0 aliphatic carbocycles. The van der Waals surface area contributed by atoms with Crippen LogP contribution in [0.2, 0.25) is 0 Å². The molecule has 1 N–H and O–H groups in total. The second kappa shape index (κ2) is 6.39. The summed E-state index contributed by atoms with van der Waals surface area (Å²) in [6.07, 6.45) is 4.54. The third-order valence-corrected chi connectivity index (χ3v) is 3.75. The molecule has 1 saturated heterocycles. The summed E-state index contributed by atoms with van der Waals surface area (Å²) < 4.78 is 5.65. The third kappa shape index (κ3) is 3.85. The van der Waals surface area contributed by atoms with E-state index in [2.05, 4.69) is 37.1 Å². The fraction of sp³-hybridized carbons (Fsp3) is 0.733. The first-order chi connectivity index (χ1) is 8.67. The van der Waals surface area contributed by atoms with E-state index in [4.69, 9.17) is 4.42 Å². The van der Waals surface area contributed by atoms with Crippen molar-refractivity contribution >= 4 is 0 Å². The Labute approximate surface area is 111 Å². The standard InChI is InChI=1S/C15H26N2O/c1-4-13-5-6-17(9-13)10-15-7-14(11-18-15)8-16-12(2)3/h7,11-13,16H,4-6,8-10H2,1-3H3. The van der Waals surface area contributed by atoms with Gasteiger partial charge in [0.25, 0.3) is 0 Å². The van der Waals surface area contributed by atoms with E-state index in [1.807, 2.05) is 6.26 Å². The lowest BCUT2D eigenvalue weighted by Crippen LogP contribution is -2.21. The van der Waals surface area contributed by atoms with Crippen LogP contribution < -0.4 is 5.32 Å². The highest BCUT2D eigenvalue weighted by atomic mass is 16.3. The summed E-state index contributed by atoms with van der Waals surface area (Å²) in [7, 11) is 0. The third-order valence-electron chi connectivity index (χ3n) is 3.75. The van der Waals surface area contributed by atoms with Crippen LogP contribution in [0.5, 0.6) is 0 Å². The maximum absolute atomic E-state index is 5.65. The predicted octanol–water partition coefficient (Wildman–Crippen LogP) is 3.01. The number of likely N-dealkylation sites (tertiary alicyclic amines) is 1. The minimum atomic E-state index is 0.521. The second-order valence-electron chi connectivity index (χ2n) is 5.75. The SMILES string of the molecule is CCC1CCN(Cc2cc(CNC(C)C)co2)C1. The number of nitrogens with one attached hydrogen (secondary N) is 1. The van der Waals surface area contributed by atoms with E-state index in [1.54, 1.807) is 0 Å². The second-order valence-corrected chi connectivity index (χ2v) is 5.75. The van der Waals surface area contributed by atoms with Crippen LogP contribution in [-0.2, 0) is 13.1 Å². The van der Waals surface area contributed by atoms with Gasteiger partial charge in [-0.1, -0.05) is 27.2 Å². The summed E-state index contributed by atoms with van der Waals surface area (Å²) in [5.74, 6) is 1.99. The van der Waals surface area contributed by atoms with E-state index < -0.39 is 0 Å². The van der Waals surface area contributed by atoms with Gasteiger partial charge in [0.1, 0.15) is 5.76 Å². The van der Waals surface area contributed by atoms with Crippen LogP contribution in [0, 0.1) is 5.92 Å². The highest BCUT2D eigenvalue weighted by Crippen LogP contribution is 2.21. The lowest BCUT2D eigenvalue weighted by Gasteiger charge is -2.13. The Hall–Kier alpha value is -0.800. The van der Waals surface area contributed by atoms with Crippen LogP contribution >= 0.6 is 0 Å². The lowest BCUT2D eigenvalue weighted by atomic mass is 10.1. The molecular weight excluding hydrogens is 224 g/mol. The maximum atomic E-state index is 5.65.